The van der Waals surface area contributed by atoms with Crippen LogP contribution in [0.15, 0.2) is 0 Å². The number of aliphatic hydroxyl groups is 4. The number of nitrogens with one attached hydrogen (secondary N) is 3. The van der Waals surface area contributed by atoms with Gasteiger partial charge in [0.25, 0.3) is 0 Å². The number of aliphatic hydroxyl groups excluding tert-OH is 4. The van der Waals surface area contributed by atoms with Crippen molar-refractivity contribution in [2.45, 2.75) is 88.9 Å². The Morgan fingerprint density at radius 3 is 1.87 bits per heavy atom. The summed E-state index contributed by atoms with van der Waals surface area (Å²) in [4.78, 5) is 35.1. The molecular weight excluding hydrogens is 418 g/mol. The molecule has 2 fully saturated rings. The van der Waals surface area contributed by atoms with Gasteiger partial charge in [-0.25, -0.2) is 0 Å². The van der Waals surface area contributed by atoms with Gasteiger partial charge in [0.1, 0.15) is 36.5 Å². The third-order valence-corrected chi connectivity index (χ3v) is 5.16. The van der Waals surface area contributed by atoms with E-state index in [1.807, 2.05) is 0 Å². The average Bonchev–Trinajstić information content (AvgIpc) is 2.66. The molecule has 0 aromatic rings. The third-order valence-electron chi connectivity index (χ3n) is 5.16. The lowest BCUT2D eigenvalue weighted by atomic mass is 9.93. The van der Waals surface area contributed by atoms with E-state index in [9.17, 15) is 34.8 Å². The molecule has 2 heterocycles. The van der Waals surface area contributed by atoms with Crippen molar-refractivity contribution in [2.24, 2.45) is 0 Å². The summed E-state index contributed by atoms with van der Waals surface area (Å²) in [6.45, 7) is 4.60. The summed E-state index contributed by atoms with van der Waals surface area (Å²) in [6, 6.07) is -3.26. The first-order valence-corrected chi connectivity index (χ1v) is 9.89. The molecule has 0 unspecified atom stereocenters. The number of hydrogen-bond acceptors (Lipinski definition) is 10. The van der Waals surface area contributed by atoms with Crippen LogP contribution in [0, 0.1) is 0 Å². The van der Waals surface area contributed by atoms with Crippen LogP contribution in [0.1, 0.15) is 27.7 Å². The lowest BCUT2D eigenvalue weighted by Gasteiger charge is -2.48. The third kappa shape index (κ3) is 6.10. The van der Waals surface area contributed by atoms with Crippen LogP contribution in [0.2, 0.25) is 0 Å². The van der Waals surface area contributed by atoms with Gasteiger partial charge >= 0.3 is 0 Å². The minimum atomic E-state index is -1.56. The predicted molar refractivity (Wildman–Crippen MR) is 102 cm³/mol. The Kier molecular flexibility index (Phi) is 8.71. The molecule has 0 aromatic heterocycles. The second-order valence-corrected chi connectivity index (χ2v) is 7.72. The van der Waals surface area contributed by atoms with Gasteiger partial charge in [0.2, 0.25) is 17.7 Å². The van der Waals surface area contributed by atoms with Gasteiger partial charge in [0.05, 0.1) is 18.8 Å². The second kappa shape index (κ2) is 10.6. The molecule has 3 amide bonds. The summed E-state index contributed by atoms with van der Waals surface area (Å²) in [5.41, 5.74) is 0. The maximum atomic E-state index is 11.7. The molecule has 178 valence electrons. The van der Waals surface area contributed by atoms with E-state index >= 15 is 0 Å². The maximum Gasteiger partial charge on any atom is 0.217 e. The van der Waals surface area contributed by atoms with Gasteiger partial charge in [0, 0.05) is 20.8 Å². The van der Waals surface area contributed by atoms with Crippen molar-refractivity contribution in [3.63, 3.8) is 0 Å². The number of carbonyl (C=O) groups is 3. The number of rotatable bonds is 6. The summed E-state index contributed by atoms with van der Waals surface area (Å²) in [5.74, 6) is -1.49. The number of ether oxygens (including phenoxy) is 3. The summed E-state index contributed by atoms with van der Waals surface area (Å²) in [6.07, 6.45) is -9.09. The highest BCUT2D eigenvalue weighted by Gasteiger charge is 2.51. The zero-order valence-corrected chi connectivity index (χ0v) is 17.7. The van der Waals surface area contributed by atoms with Crippen LogP contribution in [0.3, 0.4) is 0 Å². The Morgan fingerprint density at radius 1 is 0.839 bits per heavy atom. The van der Waals surface area contributed by atoms with Crippen molar-refractivity contribution in [1.29, 1.82) is 0 Å². The highest BCUT2D eigenvalue weighted by atomic mass is 16.7. The molecule has 0 saturated carbocycles. The Bertz CT molecular complexity index is 636. The van der Waals surface area contributed by atoms with Gasteiger partial charge in [-0.1, -0.05) is 0 Å². The Balaban J connectivity index is 2.39. The van der Waals surface area contributed by atoms with E-state index in [0.29, 0.717) is 0 Å². The maximum absolute atomic E-state index is 11.7. The summed E-state index contributed by atoms with van der Waals surface area (Å²) in [5, 5.41) is 48.1. The molecule has 7 N–H and O–H groups in total. The molecule has 0 aromatic carbocycles. The summed E-state index contributed by atoms with van der Waals surface area (Å²) in [7, 11) is 0. The largest absolute Gasteiger partial charge is 0.394 e. The van der Waals surface area contributed by atoms with E-state index in [2.05, 4.69) is 16.0 Å². The van der Waals surface area contributed by atoms with Gasteiger partial charge in [0.15, 0.2) is 12.6 Å². The Labute approximate surface area is 179 Å². The SMILES string of the molecule is CC(=O)N[C@@H]1[C@H](O[C@@H]2[C@@H](NC(C)=O)[C@H](O)O[C@H](C)[C@H]2NC(C)=O)O[C@@H](CO)[C@H](O)[C@H]1O. The van der Waals surface area contributed by atoms with Gasteiger partial charge in [-0.3, -0.25) is 14.4 Å². The molecule has 2 aliphatic heterocycles. The van der Waals surface area contributed by atoms with Gasteiger partial charge in [-0.2, -0.15) is 0 Å². The van der Waals surface area contributed by atoms with E-state index in [-0.39, 0.29) is 0 Å². The zero-order valence-electron chi connectivity index (χ0n) is 17.7. The topological polar surface area (TPSA) is 196 Å². The van der Waals surface area contributed by atoms with Crippen LogP contribution in [-0.2, 0) is 28.6 Å². The van der Waals surface area contributed by atoms with Gasteiger partial charge < -0.3 is 50.6 Å². The molecule has 0 aliphatic carbocycles. The Hall–Kier alpha value is -1.87. The fraction of sp³-hybridized carbons (Fsp3) is 0.833. The summed E-state index contributed by atoms with van der Waals surface area (Å²) < 4.78 is 17.0. The standard InChI is InChI=1S/C18H31N3O10/c1-6-11(19-7(2)23)16(13(17(28)29-6)21-9(4)25)31-18-12(20-8(3)24)15(27)14(26)10(5-22)30-18/h6,10-18,22,26-28H,5H2,1-4H3,(H,19,23)(H,20,24)(H,21,25)/t6-,10+,11-,12+,13-,14+,15+,16+,17-,18+/m1/s1. The van der Waals surface area contributed by atoms with E-state index in [1.165, 1.54) is 20.8 Å². The molecule has 13 nitrogen and oxygen atoms in total. The molecule has 0 spiro atoms. The highest BCUT2D eigenvalue weighted by molar-refractivity contribution is 5.74. The van der Waals surface area contributed by atoms with Gasteiger partial charge in [-0.15, -0.1) is 0 Å². The lowest BCUT2D eigenvalue weighted by molar-refractivity contribution is -0.307. The van der Waals surface area contributed by atoms with E-state index in [1.54, 1.807) is 6.92 Å². The highest BCUT2D eigenvalue weighted by Crippen LogP contribution is 2.28. The van der Waals surface area contributed by atoms with Crippen LogP contribution in [0.5, 0.6) is 0 Å². The summed E-state index contributed by atoms with van der Waals surface area (Å²) >= 11 is 0. The first-order valence-electron chi connectivity index (χ1n) is 9.89. The van der Waals surface area contributed by atoms with Crippen molar-refractivity contribution in [1.82, 2.24) is 16.0 Å². The van der Waals surface area contributed by atoms with Crippen molar-refractivity contribution >= 4 is 17.7 Å². The molecule has 2 saturated heterocycles. The van der Waals surface area contributed by atoms with Crippen molar-refractivity contribution in [3.05, 3.63) is 0 Å². The fourth-order valence-corrected chi connectivity index (χ4v) is 3.78. The molecule has 31 heavy (non-hydrogen) atoms. The fourth-order valence-electron chi connectivity index (χ4n) is 3.78. The Morgan fingerprint density at radius 2 is 1.35 bits per heavy atom. The molecule has 0 radical (unpaired) electrons. The molecule has 2 rings (SSSR count). The van der Waals surface area contributed by atoms with E-state index in [0.717, 1.165) is 0 Å². The first-order chi connectivity index (χ1) is 14.5. The molecule has 2 aliphatic rings. The normalized spacial score (nSPS) is 40.6. The van der Waals surface area contributed by atoms with Crippen molar-refractivity contribution in [2.75, 3.05) is 6.61 Å². The van der Waals surface area contributed by atoms with Crippen LogP contribution < -0.4 is 16.0 Å². The number of carbonyl (C=O) groups excluding carboxylic acids is 3. The molecule has 10 atom stereocenters. The minimum absolute atomic E-state index is 0.432. The van der Waals surface area contributed by atoms with Crippen molar-refractivity contribution < 1.29 is 49.0 Å². The lowest BCUT2D eigenvalue weighted by Crippen LogP contribution is -2.71. The second-order valence-electron chi connectivity index (χ2n) is 7.72. The first kappa shape index (κ1) is 25.4. The van der Waals surface area contributed by atoms with Crippen molar-refractivity contribution in [3.8, 4) is 0 Å². The number of hydrogen-bond donors (Lipinski definition) is 7. The molecule has 0 bridgehead atoms. The minimum Gasteiger partial charge on any atom is -0.394 e. The van der Waals surface area contributed by atoms with Crippen LogP contribution >= 0.6 is 0 Å². The molecular formula is C18H31N3O10. The van der Waals surface area contributed by atoms with E-state index < -0.39 is 85.6 Å². The quantitative estimate of drug-likeness (QED) is 0.210. The molecule has 13 heteroatoms. The van der Waals surface area contributed by atoms with Crippen LogP contribution in [0.4, 0.5) is 0 Å². The predicted octanol–water partition coefficient (Wildman–Crippen LogP) is -3.94. The monoisotopic (exact) mass is 449 g/mol. The van der Waals surface area contributed by atoms with E-state index in [4.69, 9.17) is 14.2 Å². The van der Waals surface area contributed by atoms with Crippen LogP contribution in [0.25, 0.3) is 0 Å². The van der Waals surface area contributed by atoms with Gasteiger partial charge in [-0.05, 0) is 6.92 Å². The van der Waals surface area contributed by atoms with Crippen LogP contribution in [-0.4, -0.2) is 106 Å². The average molecular weight is 449 g/mol. The zero-order chi connectivity index (χ0) is 23.5. The number of amides is 3. The smallest absolute Gasteiger partial charge is 0.217 e.